The summed E-state index contributed by atoms with van der Waals surface area (Å²) in [5.74, 6) is 1.05. The summed E-state index contributed by atoms with van der Waals surface area (Å²) in [5.41, 5.74) is 1.56. The van der Waals surface area contributed by atoms with Crippen LogP contribution in [0.2, 0.25) is 5.02 Å². The van der Waals surface area contributed by atoms with Crippen LogP contribution in [0.5, 0.6) is 5.75 Å². The zero-order chi connectivity index (χ0) is 18.6. The standard InChI is InChI=1S/C16H19ClN4O3S/c1-4-21(15-7-8-16(20-19-15)25(18,22)23)13-9-12(17)5-6-14(13)24-10-11(2)3/h5-9H,2,4,10H2,1,3H3,(H2,18,22,23). The molecule has 0 saturated carbocycles. The van der Waals surface area contributed by atoms with Gasteiger partial charge in [-0.05, 0) is 49.8 Å². The van der Waals surface area contributed by atoms with Gasteiger partial charge in [0, 0.05) is 11.6 Å². The molecule has 134 valence electrons. The van der Waals surface area contributed by atoms with Crippen molar-refractivity contribution in [3.8, 4) is 5.75 Å². The van der Waals surface area contributed by atoms with Gasteiger partial charge in [-0.3, -0.25) is 0 Å². The van der Waals surface area contributed by atoms with Crippen LogP contribution in [0.4, 0.5) is 11.5 Å². The smallest absolute Gasteiger partial charge is 0.257 e. The van der Waals surface area contributed by atoms with Crippen LogP contribution in [0.25, 0.3) is 0 Å². The summed E-state index contributed by atoms with van der Waals surface area (Å²) >= 11 is 6.12. The van der Waals surface area contributed by atoms with Crippen molar-refractivity contribution in [2.45, 2.75) is 18.9 Å². The van der Waals surface area contributed by atoms with E-state index in [0.29, 0.717) is 35.4 Å². The number of primary sulfonamides is 1. The van der Waals surface area contributed by atoms with Crippen LogP contribution in [0.15, 0.2) is 47.5 Å². The second-order valence-electron chi connectivity index (χ2n) is 5.38. The molecule has 0 aliphatic rings. The Bertz CT molecular complexity index is 869. The summed E-state index contributed by atoms with van der Waals surface area (Å²) in [5, 5.41) is 12.9. The summed E-state index contributed by atoms with van der Waals surface area (Å²) in [4.78, 5) is 1.81. The normalized spacial score (nSPS) is 11.2. The molecule has 0 spiro atoms. The maximum Gasteiger partial charge on any atom is 0.257 e. The highest BCUT2D eigenvalue weighted by molar-refractivity contribution is 7.89. The van der Waals surface area contributed by atoms with Crippen LogP contribution in [0.3, 0.4) is 0 Å². The third-order valence-corrected chi connectivity index (χ3v) is 4.23. The van der Waals surface area contributed by atoms with E-state index < -0.39 is 10.0 Å². The van der Waals surface area contributed by atoms with E-state index in [2.05, 4.69) is 16.8 Å². The second-order valence-corrected chi connectivity index (χ2v) is 7.32. The van der Waals surface area contributed by atoms with Gasteiger partial charge in [0.2, 0.25) is 0 Å². The fraction of sp³-hybridized carbons (Fsp3) is 0.250. The number of nitrogens with two attached hydrogens (primary N) is 1. The molecule has 2 N–H and O–H groups in total. The van der Waals surface area contributed by atoms with Crippen molar-refractivity contribution in [1.29, 1.82) is 0 Å². The SMILES string of the molecule is C=C(C)COc1ccc(Cl)cc1N(CC)c1ccc(S(N)(=O)=O)nn1. The van der Waals surface area contributed by atoms with Crippen molar-refractivity contribution in [2.75, 3.05) is 18.1 Å². The third kappa shape index (κ3) is 4.91. The molecular formula is C16H19ClN4O3S. The molecule has 0 amide bonds. The molecule has 0 bridgehead atoms. The van der Waals surface area contributed by atoms with Gasteiger partial charge in [0.1, 0.15) is 12.4 Å². The van der Waals surface area contributed by atoms with Gasteiger partial charge in [0.15, 0.2) is 10.8 Å². The number of sulfonamides is 1. The molecule has 0 aliphatic carbocycles. The quantitative estimate of drug-likeness (QED) is 0.739. The van der Waals surface area contributed by atoms with Crippen LogP contribution in [0, 0.1) is 0 Å². The molecule has 1 heterocycles. The van der Waals surface area contributed by atoms with E-state index in [9.17, 15) is 8.42 Å². The average Bonchev–Trinajstić information content (AvgIpc) is 2.54. The molecule has 0 atom stereocenters. The van der Waals surface area contributed by atoms with E-state index in [4.69, 9.17) is 21.5 Å². The monoisotopic (exact) mass is 382 g/mol. The molecule has 2 aromatic rings. The Balaban J connectivity index is 2.43. The molecule has 7 nitrogen and oxygen atoms in total. The first-order valence-electron chi connectivity index (χ1n) is 7.43. The first-order chi connectivity index (χ1) is 11.7. The molecule has 9 heteroatoms. The Hall–Kier alpha value is -2.16. The van der Waals surface area contributed by atoms with Gasteiger partial charge in [-0.2, -0.15) is 0 Å². The lowest BCUT2D eigenvalue weighted by molar-refractivity contribution is 0.353. The predicted molar refractivity (Wildman–Crippen MR) is 97.8 cm³/mol. The van der Waals surface area contributed by atoms with Crippen LogP contribution in [-0.2, 0) is 10.0 Å². The first-order valence-corrected chi connectivity index (χ1v) is 9.35. The highest BCUT2D eigenvalue weighted by Crippen LogP contribution is 2.35. The van der Waals surface area contributed by atoms with Crippen LogP contribution in [0.1, 0.15) is 13.8 Å². The minimum absolute atomic E-state index is 0.294. The van der Waals surface area contributed by atoms with Gasteiger partial charge < -0.3 is 9.64 Å². The number of anilines is 2. The van der Waals surface area contributed by atoms with Gasteiger partial charge in [0.25, 0.3) is 10.0 Å². The molecule has 2 rings (SSSR count). The largest absolute Gasteiger partial charge is 0.487 e. The van der Waals surface area contributed by atoms with Gasteiger partial charge in [-0.1, -0.05) is 18.2 Å². The van der Waals surface area contributed by atoms with Crippen molar-refractivity contribution in [3.05, 3.63) is 47.5 Å². The maximum absolute atomic E-state index is 11.3. The van der Waals surface area contributed by atoms with E-state index in [-0.39, 0.29) is 5.03 Å². The Kier molecular flexibility index (Phi) is 5.99. The van der Waals surface area contributed by atoms with Crippen LogP contribution >= 0.6 is 11.6 Å². The number of aromatic nitrogens is 2. The van der Waals surface area contributed by atoms with Crippen molar-refractivity contribution >= 4 is 33.1 Å². The molecule has 0 fully saturated rings. The number of halogens is 1. The fourth-order valence-corrected chi connectivity index (χ4v) is 2.67. The third-order valence-electron chi connectivity index (χ3n) is 3.20. The number of rotatable bonds is 7. The predicted octanol–water partition coefficient (Wildman–Crippen LogP) is 2.89. The van der Waals surface area contributed by atoms with Gasteiger partial charge in [-0.15, -0.1) is 10.2 Å². The van der Waals surface area contributed by atoms with Crippen LogP contribution in [-0.4, -0.2) is 31.8 Å². The van der Waals surface area contributed by atoms with Crippen molar-refractivity contribution in [3.63, 3.8) is 0 Å². The topological polar surface area (TPSA) is 98.4 Å². The summed E-state index contributed by atoms with van der Waals surface area (Å²) in [6.07, 6.45) is 0. The Labute approximate surface area is 152 Å². The number of benzene rings is 1. The summed E-state index contributed by atoms with van der Waals surface area (Å²) in [7, 11) is -3.90. The lowest BCUT2D eigenvalue weighted by Gasteiger charge is -2.24. The second kappa shape index (κ2) is 7.81. The first kappa shape index (κ1) is 19.2. The average molecular weight is 383 g/mol. The van der Waals surface area contributed by atoms with E-state index in [0.717, 1.165) is 5.57 Å². The summed E-state index contributed by atoms with van der Waals surface area (Å²) in [6.45, 7) is 8.50. The van der Waals surface area contributed by atoms with E-state index >= 15 is 0 Å². The summed E-state index contributed by atoms with van der Waals surface area (Å²) < 4.78 is 28.4. The molecule has 0 saturated heterocycles. The zero-order valence-corrected chi connectivity index (χ0v) is 15.5. The molecule has 0 radical (unpaired) electrons. The molecule has 0 aliphatic heterocycles. The van der Waals surface area contributed by atoms with Crippen LogP contribution < -0.4 is 14.8 Å². The Morgan fingerprint density at radius 2 is 2.04 bits per heavy atom. The fourth-order valence-electron chi connectivity index (χ4n) is 2.09. The van der Waals surface area contributed by atoms with Gasteiger partial charge in [-0.25, -0.2) is 13.6 Å². The number of nitrogens with zero attached hydrogens (tertiary/aromatic N) is 3. The van der Waals surface area contributed by atoms with Gasteiger partial charge >= 0.3 is 0 Å². The highest BCUT2D eigenvalue weighted by atomic mass is 35.5. The summed E-state index contributed by atoms with van der Waals surface area (Å²) in [6, 6.07) is 8.06. The Morgan fingerprint density at radius 3 is 2.56 bits per heavy atom. The van der Waals surface area contributed by atoms with E-state index in [1.807, 2.05) is 13.8 Å². The zero-order valence-electron chi connectivity index (χ0n) is 13.9. The molecule has 25 heavy (non-hydrogen) atoms. The minimum Gasteiger partial charge on any atom is -0.487 e. The number of hydrogen-bond acceptors (Lipinski definition) is 6. The molecule has 1 aromatic heterocycles. The number of hydrogen-bond donors (Lipinski definition) is 1. The lowest BCUT2D eigenvalue weighted by Crippen LogP contribution is -2.20. The molecule has 0 unspecified atom stereocenters. The number of ether oxygens (including phenoxy) is 1. The maximum atomic E-state index is 11.3. The highest BCUT2D eigenvalue weighted by Gasteiger charge is 2.17. The van der Waals surface area contributed by atoms with Crippen molar-refractivity contribution in [1.82, 2.24) is 10.2 Å². The lowest BCUT2D eigenvalue weighted by atomic mass is 10.2. The minimum atomic E-state index is -3.90. The van der Waals surface area contributed by atoms with E-state index in [1.165, 1.54) is 12.1 Å². The van der Waals surface area contributed by atoms with Crippen molar-refractivity contribution in [2.24, 2.45) is 5.14 Å². The molecule has 1 aromatic carbocycles. The Morgan fingerprint density at radius 1 is 1.32 bits per heavy atom. The molecular weight excluding hydrogens is 364 g/mol. The van der Waals surface area contributed by atoms with E-state index in [1.54, 1.807) is 23.1 Å². The van der Waals surface area contributed by atoms with Gasteiger partial charge in [0.05, 0.1) is 5.69 Å². The van der Waals surface area contributed by atoms with Crippen molar-refractivity contribution < 1.29 is 13.2 Å².